The number of carbonyl (C=O) groups excluding carboxylic acids is 3. The molecule has 8 nitrogen and oxygen atoms in total. The van der Waals surface area contributed by atoms with Crippen LogP contribution in [0, 0.1) is 0 Å². The first-order chi connectivity index (χ1) is 14.4. The average molecular weight is 422 g/mol. The molecule has 3 amide bonds. The SMILES string of the molecule is NC(=O)CN1C(=O)[C@@]2(CC(=O)Nc3c2cnn3-c2ccccc2Cl)c2ccccc21. The molecule has 0 aliphatic carbocycles. The van der Waals surface area contributed by atoms with Gasteiger partial charge in [-0.3, -0.25) is 14.4 Å². The van der Waals surface area contributed by atoms with Crippen LogP contribution in [0.1, 0.15) is 17.5 Å². The highest BCUT2D eigenvalue weighted by molar-refractivity contribution is 6.32. The number of nitrogens with zero attached hydrogens (tertiary/aromatic N) is 3. The van der Waals surface area contributed by atoms with Crippen molar-refractivity contribution >= 4 is 40.8 Å². The van der Waals surface area contributed by atoms with Crippen molar-refractivity contribution in [3.8, 4) is 5.69 Å². The molecule has 2 aliphatic rings. The van der Waals surface area contributed by atoms with Gasteiger partial charge < -0.3 is 16.0 Å². The molecule has 1 aromatic heterocycles. The van der Waals surface area contributed by atoms with Gasteiger partial charge in [-0.15, -0.1) is 0 Å². The van der Waals surface area contributed by atoms with Gasteiger partial charge in [-0.25, -0.2) is 4.68 Å². The van der Waals surface area contributed by atoms with Crippen LogP contribution in [0.25, 0.3) is 5.69 Å². The van der Waals surface area contributed by atoms with E-state index < -0.39 is 11.3 Å². The second-order valence-corrected chi connectivity index (χ2v) is 7.68. The van der Waals surface area contributed by atoms with E-state index in [9.17, 15) is 14.4 Å². The Morgan fingerprint density at radius 3 is 2.53 bits per heavy atom. The van der Waals surface area contributed by atoms with Crippen LogP contribution in [0.4, 0.5) is 11.5 Å². The highest BCUT2D eigenvalue weighted by atomic mass is 35.5. The molecule has 3 aromatic rings. The number of amides is 3. The number of halogens is 1. The Morgan fingerprint density at radius 2 is 1.80 bits per heavy atom. The van der Waals surface area contributed by atoms with Gasteiger partial charge in [-0.05, 0) is 23.8 Å². The molecular formula is C21H16ClN5O3. The van der Waals surface area contributed by atoms with Crippen molar-refractivity contribution in [2.24, 2.45) is 5.73 Å². The molecule has 2 aliphatic heterocycles. The molecule has 0 unspecified atom stereocenters. The number of carbonyl (C=O) groups is 3. The molecule has 0 bridgehead atoms. The number of para-hydroxylation sites is 2. The van der Waals surface area contributed by atoms with E-state index in [1.165, 1.54) is 9.58 Å². The number of aromatic nitrogens is 2. The topological polar surface area (TPSA) is 110 Å². The van der Waals surface area contributed by atoms with Gasteiger partial charge in [0, 0.05) is 17.7 Å². The maximum Gasteiger partial charge on any atom is 0.243 e. The molecule has 9 heteroatoms. The second-order valence-electron chi connectivity index (χ2n) is 7.28. The molecule has 3 heterocycles. The van der Waals surface area contributed by atoms with Crippen LogP contribution in [0.3, 0.4) is 0 Å². The first kappa shape index (κ1) is 18.4. The Hall–Kier alpha value is -3.65. The predicted octanol–water partition coefficient (Wildman–Crippen LogP) is 1.99. The summed E-state index contributed by atoms with van der Waals surface area (Å²) in [7, 11) is 0. The summed E-state index contributed by atoms with van der Waals surface area (Å²) in [6, 6.07) is 14.2. The third-order valence-corrected chi connectivity index (χ3v) is 5.89. The molecule has 5 rings (SSSR count). The van der Waals surface area contributed by atoms with Crippen molar-refractivity contribution in [3.05, 3.63) is 70.9 Å². The Labute approximate surface area is 176 Å². The summed E-state index contributed by atoms with van der Waals surface area (Å²) in [6.45, 7) is -0.271. The van der Waals surface area contributed by atoms with E-state index >= 15 is 0 Å². The number of benzene rings is 2. The van der Waals surface area contributed by atoms with Gasteiger partial charge in [0.2, 0.25) is 17.7 Å². The Balaban J connectivity index is 1.76. The third kappa shape index (κ3) is 2.40. The van der Waals surface area contributed by atoms with Gasteiger partial charge in [0.25, 0.3) is 0 Å². The van der Waals surface area contributed by atoms with Crippen molar-refractivity contribution < 1.29 is 14.4 Å². The Morgan fingerprint density at radius 1 is 1.10 bits per heavy atom. The van der Waals surface area contributed by atoms with Gasteiger partial charge >= 0.3 is 0 Å². The summed E-state index contributed by atoms with van der Waals surface area (Å²) in [6.07, 6.45) is 1.47. The van der Waals surface area contributed by atoms with Crippen LogP contribution >= 0.6 is 11.6 Å². The quantitative estimate of drug-likeness (QED) is 0.673. The lowest BCUT2D eigenvalue weighted by Gasteiger charge is -2.32. The number of hydrogen-bond donors (Lipinski definition) is 2. The lowest BCUT2D eigenvalue weighted by molar-refractivity contribution is -0.127. The van der Waals surface area contributed by atoms with Gasteiger partial charge in [0.05, 0.1) is 16.9 Å². The lowest BCUT2D eigenvalue weighted by Crippen LogP contribution is -2.48. The fourth-order valence-corrected chi connectivity index (χ4v) is 4.58. The molecule has 30 heavy (non-hydrogen) atoms. The highest BCUT2D eigenvalue weighted by Gasteiger charge is 2.57. The predicted molar refractivity (Wildman–Crippen MR) is 111 cm³/mol. The van der Waals surface area contributed by atoms with Crippen LogP contribution in [-0.2, 0) is 19.8 Å². The zero-order valence-electron chi connectivity index (χ0n) is 15.6. The summed E-state index contributed by atoms with van der Waals surface area (Å²) in [5.41, 5.74) is 6.43. The molecule has 2 aromatic carbocycles. The molecule has 0 saturated heterocycles. The summed E-state index contributed by atoms with van der Waals surface area (Å²) in [4.78, 5) is 39.4. The molecule has 3 N–H and O–H groups in total. The monoisotopic (exact) mass is 421 g/mol. The maximum atomic E-state index is 13.7. The molecule has 150 valence electrons. The number of nitrogens with two attached hydrogens (primary N) is 1. The Kier molecular flexibility index (Phi) is 3.94. The summed E-state index contributed by atoms with van der Waals surface area (Å²) >= 11 is 6.34. The van der Waals surface area contributed by atoms with Gasteiger partial charge in [0.15, 0.2) is 0 Å². The highest BCUT2D eigenvalue weighted by Crippen LogP contribution is 2.52. The average Bonchev–Trinajstić information content (AvgIpc) is 3.23. The van der Waals surface area contributed by atoms with E-state index in [0.717, 1.165) is 0 Å². The minimum atomic E-state index is -1.29. The molecule has 0 saturated carbocycles. The number of fused-ring (bicyclic) bond motifs is 4. The summed E-state index contributed by atoms with van der Waals surface area (Å²) < 4.78 is 1.52. The van der Waals surface area contributed by atoms with E-state index in [1.54, 1.807) is 54.7 Å². The molecule has 0 radical (unpaired) electrons. The largest absolute Gasteiger partial charge is 0.368 e. The number of hydrogen-bond acceptors (Lipinski definition) is 4. The first-order valence-electron chi connectivity index (χ1n) is 9.26. The normalized spacial score (nSPS) is 19.6. The van der Waals surface area contributed by atoms with Gasteiger partial charge in [-0.2, -0.15) is 5.10 Å². The minimum Gasteiger partial charge on any atom is -0.368 e. The fraction of sp³-hybridized carbons (Fsp3) is 0.143. The molecule has 1 atom stereocenters. The van der Waals surface area contributed by atoms with Crippen LogP contribution in [0.15, 0.2) is 54.7 Å². The van der Waals surface area contributed by atoms with E-state index in [0.29, 0.717) is 33.3 Å². The maximum absolute atomic E-state index is 13.7. The zero-order chi connectivity index (χ0) is 21.0. The number of primary amides is 1. The standard InChI is InChI=1S/C21H16ClN5O3/c22-14-6-2-4-8-16(14)27-19-13(10-24-27)21(9-18(29)25-19)12-5-1-3-7-15(12)26(20(21)30)11-17(23)28/h1-8,10H,9,11H2,(H2,23,28)(H,25,29)/t21-/m0/s1. The van der Waals surface area contributed by atoms with Gasteiger partial charge in [-0.1, -0.05) is 41.9 Å². The summed E-state index contributed by atoms with van der Waals surface area (Å²) in [5, 5.41) is 7.71. The van der Waals surface area contributed by atoms with Crippen LogP contribution < -0.4 is 16.0 Å². The minimum absolute atomic E-state index is 0.0979. The van der Waals surface area contributed by atoms with E-state index in [-0.39, 0.29) is 24.8 Å². The van der Waals surface area contributed by atoms with Crippen molar-refractivity contribution in [3.63, 3.8) is 0 Å². The van der Waals surface area contributed by atoms with Crippen molar-refractivity contribution in [2.45, 2.75) is 11.8 Å². The zero-order valence-corrected chi connectivity index (χ0v) is 16.4. The summed E-state index contributed by atoms with van der Waals surface area (Å²) in [5.74, 6) is -0.969. The fourth-order valence-electron chi connectivity index (χ4n) is 4.37. The first-order valence-corrected chi connectivity index (χ1v) is 9.64. The second kappa shape index (κ2) is 6.43. The van der Waals surface area contributed by atoms with E-state index in [2.05, 4.69) is 10.4 Å². The third-order valence-electron chi connectivity index (χ3n) is 5.57. The van der Waals surface area contributed by atoms with Crippen molar-refractivity contribution in [1.82, 2.24) is 9.78 Å². The van der Waals surface area contributed by atoms with Crippen LogP contribution in [0.5, 0.6) is 0 Å². The molecule has 0 fully saturated rings. The number of anilines is 2. The number of rotatable bonds is 3. The smallest absolute Gasteiger partial charge is 0.243 e. The Bertz CT molecular complexity index is 1240. The molecular weight excluding hydrogens is 406 g/mol. The van der Waals surface area contributed by atoms with Crippen LogP contribution in [-0.4, -0.2) is 34.0 Å². The lowest BCUT2D eigenvalue weighted by atomic mass is 9.72. The van der Waals surface area contributed by atoms with Crippen molar-refractivity contribution in [2.75, 3.05) is 16.8 Å². The molecule has 1 spiro atoms. The van der Waals surface area contributed by atoms with Crippen LogP contribution in [0.2, 0.25) is 5.02 Å². The van der Waals surface area contributed by atoms with E-state index in [1.807, 2.05) is 0 Å². The van der Waals surface area contributed by atoms with E-state index in [4.69, 9.17) is 17.3 Å². The van der Waals surface area contributed by atoms with Crippen molar-refractivity contribution in [1.29, 1.82) is 0 Å². The number of nitrogens with one attached hydrogen (secondary N) is 1. The van der Waals surface area contributed by atoms with Gasteiger partial charge in [0.1, 0.15) is 17.8 Å².